The van der Waals surface area contributed by atoms with Gasteiger partial charge >= 0.3 is 0 Å². The minimum Gasteiger partial charge on any atom is -0.505 e. The zero-order valence-electron chi connectivity index (χ0n) is 10.4. The summed E-state index contributed by atoms with van der Waals surface area (Å²) in [6, 6.07) is 1.51. The van der Waals surface area contributed by atoms with Crippen LogP contribution in [-0.2, 0) is 0 Å². The fourth-order valence-corrected chi connectivity index (χ4v) is 1.55. The Hall–Kier alpha value is -1.58. The minimum atomic E-state index is -0.241. The molecule has 0 bridgehead atoms. The molecule has 0 unspecified atom stereocenters. The summed E-state index contributed by atoms with van der Waals surface area (Å²) in [5, 5.41) is 12.2. The summed E-state index contributed by atoms with van der Waals surface area (Å²) < 4.78 is 0. The van der Waals surface area contributed by atoms with E-state index in [1.807, 2.05) is 0 Å². The van der Waals surface area contributed by atoms with Crippen molar-refractivity contribution >= 4 is 5.91 Å². The van der Waals surface area contributed by atoms with Crippen molar-refractivity contribution in [1.82, 2.24) is 10.3 Å². The third kappa shape index (κ3) is 4.85. The molecule has 1 rings (SSSR count). The average molecular weight is 236 g/mol. The summed E-state index contributed by atoms with van der Waals surface area (Å²) in [6.45, 7) is 5.02. The maximum atomic E-state index is 11.7. The van der Waals surface area contributed by atoms with E-state index >= 15 is 0 Å². The zero-order chi connectivity index (χ0) is 12.7. The smallest absolute Gasteiger partial charge is 0.255 e. The first-order chi connectivity index (χ1) is 8.11. The highest BCUT2D eigenvalue weighted by atomic mass is 16.3. The Labute approximate surface area is 102 Å². The van der Waals surface area contributed by atoms with Crippen molar-refractivity contribution in [3.63, 3.8) is 0 Å². The van der Waals surface area contributed by atoms with Gasteiger partial charge in [0.25, 0.3) is 5.91 Å². The first-order valence-electron chi connectivity index (χ1n) is 6.02. The van der Waals surface area contributed by atoms with Crippen molar-refractivity contribution in [1.29, 1.82) is 0 Å². The first kappa shape index (κ1) is 13.5. The second-order valence-electron chi connectivity index (χ2n) is 4.54. The second-order valence-corrected chi connectivity index (χ2v) is 4.54. The summed E-state index contributed by atoms with van der Waals surface area (Å²) >= 11 is 0. The van der Waals surface area contributed by atoms with Crippen molar-refractivity contribution in [3.8, 4) is 5.75 Å². The molecule has 4 heteroatoms. The van der Waals surface area contributed by atoms with Crippen molar-refractivity contribution in [2.24, 2.45) is 5.92 Å². The van der Waals surface area contributed by atoms with Crippen LogP contribution in [0.4, 0.5) is 0 Å². The summed E-state index contributed by atoms with van der Waals surface area (Å²) in [5.41, 5.74) is 0.281. The molecule has 1 amide bonds. The molecule has 0 aromatic carbocycles. The highest BCUT2D eigenvalue weighted by molar-refractivity contribution is 5.96. The van der Waals surface area contributed by atoms with Gasteiger partial charge in [0, 0.05) is 12.7 Å². The van der Waals surface area contributed by atoms with Crippen LogP contribution in [0.25, 0.3) is 0 Å². The van der Waals surface area contributed by atoms with E-state index < -0.39 is 0 Å². The number of aromatic nitrogens is 1. The highest BCUT2D eigenvalue weighted by Gasteiger charge is 2.09. The number of carbonyl (C=O) groups excluding carboxylic acids is 1. The van der Waals surface area contributed by atoms with E-state index in [4.69, 9.17) is 0 Å². The Morgan fingerprint density at radius 1 is 1.47 bits per heavy atom. The highest BCUT2D eigenvalue weighted by Crippen LogP contribution is 2.13. The van der Waals surface area contributed by atoms with Gasteiger partial charge in [-0.05, 0) is 18.4 Å². The van der Waals surface area contributed by atoms with E-state index in [1.165, 1.54) is 24.9 Å². The number of nitrogens with one attached hydrogen (secondary N) is 1. The topological polar surface area (TPSA) is 62.2 Å². The van der Waals surface area contributed by atoms with Crippen LogP contribution in [0.1, 0.15) is 43.5 Å². The molecule has 0 spiro atoms. The van der Waals surface area contributed by atoms with Gasteiger partial charge in [-0.3, -0.25) is 9.78 Å². The van der Waals surface area contributed by atoms with Crippen molar-refractivity contribution < 1.29 is 9.90 Å². The molecule has 0 fully saturated rings. The molecule has 0 saturated heterocycles. The molecule has 0 atom stereocenters. The van der Waals surface area contributed by atoms with E-state index in [2.05, 4.69) is 24.1 Å². The summed E-state index contributed by atoms with van der Waals surface area (Å²) in [4.78, 5) is 15.4. The SMILES string of the molecule is CC(C)CCCCNC(=O)c1ccncc1O. The number of nitrogens with zero attached hydrogens (tertiary/aromatic N) is 1. The lowest BCUT2D eigenvalue weighted by Crippen LogP contribution is -2.24. The maximum Gasteiger partial charge on any atom is 0.255 e. The van der Waals surface area contributed by atoms with Crippen molar-refractivity contribution in [2.45, 2.75) is 33.1 Å². The zero-order valence-corrected chi connectivity index (χ0v) is 10.4. The van der Waals surface area contributed by atoms with Crippen molar-refractivity contribution in [2.75, 3.05) is 6.54 Å². The lowest BCUT2D eigenvalue weighted by molar-refractivity contribution is 0.0950. The van der Waals surface area contributed by atoms with Crippen LogP contribution in [0, 0.1) is 5.92 Å². The van der Waals surface area contributed by atoms with E-state index in [-0.39, 0.29) is 17.2 Å². The van der Waals surface area contributed by atoms with E-state index in [0.29, 0.717) is 12.5 Å². The van der Waals surface area contributed by atoms with Gasteiger partial charge in [0.2, 0.25) is 0 Å². The number of rotatable bonds is 6. The summed E-state index contributed by atoms with van der Waals surface area (Å²) in [6.07, 6.45) is 6.02. The molecule has 1 heterocycles. The molecule has 0 radical (unpaired) electrons. The van der Waals surface area contributed by atoms with Crippen LogP contribution in [0.3, 0.4) is 0 Å². The quantitative estimate of drug-likeness (QED) is 0.745. The lowest BCUT2D eigenvalue weighted by atomic mass is 10.1. The second kappa shape index (κ2) is 6.89. The van der Waals surface area contributed by atoms with Gasteiger partial charge in [-0.15, -0.1) is 0 Å². The molecule has 1 aromatic heterocycles. The molecular weight excluding hydrogens is 216 g/mol. The first-order valence-corrected chi connectivity index (χ1v) is 6.02. The van der Waals surface area contributed by atoms with Crippen LogP contribution >= 0.6 is 0 Å². The Morgan fingerprint density at radius 3 is 2.88 bits per heavy atom. The van der Waals surface area contributed by atoms with Gasteiger partial charge < -0.3 is 10.4 Å². The monoisotopic (exact) mass is 236 g/mol. The number of amides is 1. The van der Waals surface area contributed by atoms with Gasteiger partial charge in [-0.2, -0.15) is 0 Å². The van der Waals surface area contributed by atoms with Gasteiger partial charge in [0.15, 0.2) is 0 Å². The van der Waals surface area contributed by atoms with Crippen LogP contribution in [0.15, 0.2) is 18.5 Å². The van der Waals surface area contributed by atoms with Crippen LogP contribution in [-0.4, -0.2) is 22.5 Å². The normalized spacial score (nSPS) is 10.5. The fourth-order valence-electron chi connectivity index (χ4n) is 1.55. The Morgan fingerprint density at radius 2 is 2.24 bits per heavy atom. The molecule has 4 nitrogen and oxygen atoms in total. The molecule has 94 valence electrons. The minimum absolute atomic E-state index is 0.0767. The molecule has 0 aliphatic rings. The molecular formula is C13H20N2O2. The fraction of sp³-hybridized carbons (Fsp3) is 0.538. The summed E-state index contributed by atoms with van der Waals surface area (Å²) in [5.74, 6) is 0.386. The van der Waals surface area contributed by atoms with Gasteiger partial charge in [0.05, 0.1) is 11.8 Å². The average Bonchev–Trinajstić information content (AvgIpc) is 2.28. The van der Waals surface area contributed by atoms with E-state index in [1.54, 1.807) is 0 Å². The van der Waals surface area contributed by atoms with Gasteiger partial charge in [0.1, 0.15) is 5.75 Å². The maximum absolute atomic E-state index is 11.7. The number of unbranched alkanes of at least 4 members (excludes halogenated alkanes) is 1. The molecule has 17 heavy (non-hydrogen) atoms. The Balaban J connectivity index is 2.29. The number of aromatic hydroxyl groups is 1. The van der Waals surface area contributed by atoms with Crippen molar-refractivity contribution in [3.05, 3.63) is 24.0 Å². The molecule has 0 saturated carbocycles. The van der Waals surface area contributed by atoms with E-state index in [0.717, 1.165) is 12.8 Å². The van der Waals surface area contributed by atoms with Gasteiger partial charge in [-0.25, -0.2) is 0 Å². The Kier molecular flexibility index (Phi) is 5.46. The molecule has 1 aromatic rings. The van der Waals surface area contributed by atoms with E-state index in [9.17, 15) is 9.90 Å². The number of hydrogen-bond acceptors (Lipinski definition) is 3. The molecule has 2 N–H and O–H groups in total. The third-order valence-corrected chi connectivity index (χ3v) is 2.54. The van der Waals surface area contributed by atoms with Gasteiger partial charge in [-0.1, -0.05) is 26.7 Å². The predicted molar refractivity (Wildman–Crippen MR) is 66.9 cm³/mol. The standard InChI is InChI=1S/C13H20N2O2/c1-10(2)5-3-4-7-15-13(17)11-6-8-14-9-12(11)16/h6,8-10,16H,3-5,7H2,1-2H3,(H,15,17). The number of pyridine rings is 1. The lowest BCUT2D eigenvalue weighted by Gasteiger charge is -2.07. The predicted octanol–water partition coefficient (Wildman–Crippen LogP) is 2.34. The third-order valence-electron chi connectivity index (χ3n) is 2.54. The largest absolute Gasteiger partial charge is 0.505 e. The number of hydrogen-bond donors (Lipinski definition) is 2. The van der Waals surface area contributed by atoms with Crippen LogP contribution in [0.2, 0.25) is 0 Å². The Bertz CT molecular complexity index is 364. The van der Waals surface area contributed by atoms with Crippen LogP contribution in [0.5, 0.6) is 5.75 Å². The number of carbonyl (C=O) groups is 1. The van der Waals surface area contributed by atoms with Crippen LogP contribution < -0.4 is 5.32 Å². The molecule has 0 aliphatic carbocycles. The summed E-state index contributed by atoms with van der Waals surface area (Å²) in [7, 11) is 0. The molecule has 0 aliphatic heterocycles.